The van der Waals surface area contributed by atoms with Gasteiger partial charge in [0.15, 0.2) is 5.11 Å². The Labute approximate surface area is 106 Å². The van der Waals surface area contributed by atoms with Gasteiger partial charge in [-0.1, -0.05) is 29.8 Å². The second-order valence-corrected chi connectivity index (χ2v) is 3.96. The van der Waals surface area contributed by atoms with Crippen molar-refractivity contribution in [2.24, 2.45) is 5.10 Å². The van der Waals surface area contributed by atoms with E-state index in [4.69, 9.17) is 23.8 Å². The minimum absolute atomic E-state index is 0.508. The van der Waals surface area contributed by atoms with Gasteiger partial charge < -0.3 is 5.32 Å². The highest BCUT2D eigenvalue weighted by atomic mass is 35.5. The van der Waals surface area contributed by atoms with Crippen LogP contribution >= 0.6 is 23.8 Å². The van der Waals surface area contributed by atoms with Gasteiger partial charge in [-0.3, -0.25) is 5.43 Å². The van der Waals surface area contributed by atoms with Gasteiger partial charge >= 0.3 is 0 Å². The van der Waals surface area contributed by atoms with Crippen molar-refractivity contribution in [3.05, 3.63) is 34.9 Å². The minimum Gasteiger partial charge on any atom is -0.362 e. The fourth-order valence-corrected chi connectivity index (χ4v) is 1.61. The molecule has 0 aliphatic heterocycles. The lowest BCUT2D eigenvalue weighted by molar-refractivity contribution is 0.901. The lowest BCUT2D eigenvalue weighted by Gasteiger charge is -2.06. The topological polar surface area (TPSA) is 36.4 Å². The normalized spacial score (nSPS) is 11.1. The molecule has 0 aliphatic carbocycles. The van der Waals surface area contributed by atoms with Crippen LogP contribution in [0, 0.1) is 0 Å². The van der Waals surface area contributed by atoms with Crippen LogP contribution in [0.3, 0.4) is 0 Å². The van der Waals surface area contributed by atoms with Gasteiger partial charge in [0, 0.05) is 17.1 Å². The first-order valence-electron chi connectivity index (χ1n) is 4.98. The summed E-state index contributed by atoms with van der Waals surface area (Å²) < 4.78 is 0. The van der Waals surface area contributed by atoms with Crippen LogP contribution in [0.5, 0.6) is 0 Å². The third-order valence-electron chi connectivity index (χ3n) is 1.93. The Bertz CT molecular complexity index is 404. The van der Waals surface area contributed by atoms with Crippen molar-refractivity contribution in [3.8, 4) is 0 Å². The van der Waals surface area contributed by atoms with E-state index in [0.717, 1.165) is 17.8 Å². The van der Waals surface area contributed by atoms with Gasteiger partial charge in [-0.2, -0.15) is 5.10 Å². The highest BCUT2D eigenvalue weighted by Gasteiger charge is 2.02. The first-order valence-corrected chi connectivity index (χ1v) is 5.76. The highest BCUT2D eigenvalue weighted by Crippen LogP contribution is 2.15. The molecule has 0 atom stereocenters. The second kappa shape index (κ2) is 6.45. The summed E-state index contributed by atoms with van der Waals surface area (Å²) in [7, 11) is 0. The molecule has 1 rings (SSSR count). The largest absolute Gasteiger partial charge is 0.362 e. The number of hydrogen-bond donors (Lipinski definition) is 2. The summed E-state index contributed by atoms with van der Waals surface area (Å²) in [5.41, 5.74) is 4.45. The Kier molecular flexibility index (Phi) is 5.22. The molecule has 0 spiro atoms. The molecule has 0 unspecified atom stereocenters. The van der Waals surface area contributed by atoms with Crippen molar-refractivity contribution in [1.29, 1.82) is 0 Å². The summed E-state index contributed by atoms with van der Waals surface area (Å²) in [6.45, 7) is 4.62. The number of rotatable bonds is 3. The first-order chi connectivity index (χ1) is 7.65. The van der Waals surface area contributed by atoms with Crippen molar-refractivity contribution < 1.29 is 0 Å². The quantitative estimate of drug-likeness (QED) is 0.495. The lowest BCUT2D eigenvalue weighted by atomic mass is 10.1. The third kappa shape index (κ3) is 3.79. The van der Waals surface area contributed by atoms with E-state index in [1.54, 1.807) is 0 Å². The van der Waals surface area contributed by atoms with E-state index in [1.165, 1.54) is 0 Å². The monoisotopic (exact) mass is 255 g/mol. The van der Waals surface area contributed by atoms with E-state index in [1.807, 2.05) is 38.1 Å². The van der Waals surface area contributed by atoms with Gasteiger partial charge in [0.1, 0.15) is 0 Å². The van der Waals surface area contributed by atoms with Crippen LogP contribution in [0.25, 0.3) is 0 Å². The number of hydrogen-bond acceptors (Lipinski definition) is 2. The first kappa shape index (κ1) is 12.9. The fraction of sp³-hybridized carbons (Fsp3) is 0.273. The molecule has 1 aromatic rings. The molecular formula is C11H14ClN3S. The van der Waals surface area contributed by atoms with Gasteiger partial charge in [-0.25, -0.2) is 0 Å². The van der Waals surface area contributed by atoms with Gasteiger partial charge in [-0.15, -0.1) is 0 Å². The number of nitrogens with one attached hydrogen (secondary N) is 2. The van der Waals surface area contributed by atoms with E-state index < -0.39 is 0 Å². The summed E-state index contributed by atoms with van der Waals surface area (Å²) in [5, 5.41) is 8.29. The molecule has 2 N–H and O–H groups in total. The van der Waals surface area contributed by atoms with E-state index in [9.17, 15) is 0 Å². The van der Waals surface area contributed by atoms with E-state index >= 15 is 0 Å². The zero-order valence-corrected chi connectivity index (χ0v) is 10.8. The predicted molar refractivity (Wildman–Crippen MR) is 73.1 cm³/mol. The number of nitrogens with zero attached hydrogens (tertiary/aromatic N) is 1. The van der Waals surface area contributed by atoms with E-state index in [2.05, 4.69) is 15.8 Å². The summed E-state index contributed by atoms with van der Waals surface area (Å²) in [6, 6.07) is 7.55. The molecule has 0 saturated carbocycles. The van der Waals surface area contributed by atoms with Crippen molar-refractivity contribution in [1.82, 2.24) is 10.7 Å². The van der Waals surface area contributed by atoms with Crippen molar-refractivity contribution >= 4 is 34.6 Å². The van der Waals surface area contributed by atoms with Crippen molar-refractivity contribution in [2.75, 3.05) is 6.54 Å². The predicted octanol–water partition coefficient (Wildman–Crippen LogP) is 2.55. The smallest absolute Gasteiger partial charge is 0.186 e. The Hall–Kier alpha value is -1.13. The second-order valence-electron chi connectivity index (χ2n) is 3.15. The van der Waals surface area contributed by atoms with Crippen LogP contribution in [0.2, 0.25) is 5.02 Å². The average molecular weight is 256 g/mol. The van der Waals surface area contributed by atoms with E-state index in [0.29, 0.717) is 10.1 Å². The average Bonchev–Trinajstić information content (AvgIpc) is 2.27. The molecule has 0 fully saturated rings. The molecule has 0 saturated heterocycles. The lowest BCUT2D eigenvalue weighted by Crippen LogP contribution is -2.32. The molecule has 0 radical (unpaired) electrons. The maximum atomic E-state index is 6.04. The molecule has 1 aromatic carbocycles. The summed E-state index contributed by atoms with van der Waals surface area (Å²) in [5.74, 6) is 0. The molecule has 0 aliphatic rings. The maximum absolute atomic E-state index is 6.04. The zero-order valence-electron chi connectivity index (χ0n) is 9.25. The number of benzene rings is 1. The molecule has 0 heterocycles. The summed E-state index contributed by atoms with van der Waals surface area (Å²) in [4.78, 5) is 0. The summed E-state index contributed by atoms with van der Waals surface area (Å²) >= 11 is 11.0. The third-order valence-corrected chi connectivity index (χ3v) is 2.49. The standard InChI is InChI=1S/C11H14ClN3S/c1-3-13-11(16)15-14-8(2)9-6-4-5-7-10(9)12/h4-7H,3H2,1-2H3,(H2,13,15,16)/b14-8+. The number of halogens is 1. The van der Waals surface area contributed by atoms with Crippen LogP contribution in [-0.2, 0) is 0 Å². The number of thiocarbonyl (C=S) groups is 1. The Morgan fingerprint density at radius 3 is 2.75 bits per heavy atom. The van der Waals surface area contributed by atoms with Crippen molar-refractivity contribution in [3.63, 3.8) is 0 Å². The molecule has 0 bridgehead atoms. The molecule has 5 heteroatoms. The summed E-state index contributed by atoms with van der Waals surface area (Å²) in [6.07, 6.45) is 0. The van der Waals surface area contributed by atoms with Crippen LogP contribution in [0.15, 0.2) is 29.4 Å². The fourth-order valence-electron chi connectivity index (χ4n) is 1.15. The van der Waals surface area contributed by atoms with Gasteiger partial charge in [0.05, 0.1) is 5.71 Å². The molecule has 3 nitrogen and oxygen atoms in total. The minimum atomic E-state index is 0.508. The highest BCUT2D eigenvalue weighted by molar-refractivity contribution is 7.80. The van der Waals surface area contributed by atoms with Crippen LogP contribution in [0.1, 0.15) is 19.4 Å². The zero-order chi connectivity index (χ0) is 12.0. The Balaban J connectivity index is 2.71. The van der Waals surface area contributed by atoms with Gasteiger partial charge in [0.25, 0.3) is 0 Å². The number of hydrazone groups is 1. The van der Waals surface area contributed by atoms with Gasteiger partial charge in [-0.05, 0) is 32.1 Å². The molecule has 16 heavy (non-hydrogen) atoms. The van der Waals surface area contributed by atoms with E-state index in [-0.39, 0.29) is 0 Å². The van der Waals surface area contributed by atoms with Crippen LogP contribution < -0.4 is 10.7 Å². The molecule has 86 valence electrons. The van der Waals surface area contributed by atoms with Crippen LogP contribution in [0.4, 0.5) is 0 Å². The molecule has 0 amide bonds. The molecule has 0 aromatic heterocycles. The van der Waals surface area contributed by atoms with Gasteiger partial charge in [0.2, 0.25) is 0 Å². The van der Waals surface area contributed by atoms with Crippen LogP contribution in [-0.4, -0.2) is 17.4 Å². The Morgan fingerprint density at radius 2 is 2.12 bits per heavy atom. The van der Waals surface area contributed by atoms with Crippen molar-refractivity contribution in [2.45, 2.75) is 13.8 Å². The Morgan fingerprint density at radius 1 is 1.44 bits per heavy atom. The maximum Gasteiger partial charge on any atom is 0.186 e. The SMILES string of the molecule is CCNC(=S)N/N=C(\C)c1ccccc1Cl. The molecular weight excluding hydrogens is 242 g/mol.